The molecule has 1 aliphatic carbocycles. The molecule has 2 heteroatoms. The molecule has 1 amide bonds. The second-order valence-corrected chi connectivity index (χ2v) is 4.48. The summed E-state index contributed by atoms with van der Waals surface area (Å²) in [5, 5.41) is 2.98. The Morgan fingerprint density at radius 1 is 1.43 bits per heavy atom. The van der Waals surface area contributed by atoms with Crippen LogP contribution in [0, 0.1) is 5.41 Å². The van der Waals surface area contributed by atoms with Crippen molar-refractivity contribution in [1.82, 2.24) is 5.32 Å². The van der Waals surface area contributed by atoms with Crippen LogP contribution < -0.4 is 5.32 Å². The Morgan fingerprint density at radius 2 is 2.00 bits per heavy atom. The number of nitrogens with one attached hydrogen (secondary N) is 1. The van der Waals surface area contributed by atoms with Crippen molar-refractivity contribution in [1.29, 1.82) is 0 Å². The molecule has 0 aromatic heterocycles. The van der Waals surface area contributed by atoms with Crippen molar-refractivity contribution >= 4 is 5.91 Å². The van der Waals surface area contributed by atoms with Crippen LogP contribution in [-0.2, 0) is 4.79 Å². The SMILES string of the molecule is C=C(C)CNC(=O)C1(CC)CCCC1. The molecule has 1 rings (SSSR count). The first-order chi connectivity index (χ1) is 6.60. The van der Waals surface area contributed by atoms with E-state index in [1.54, 1.807) is 0 Å². The molecule has 2 nitrogen and oxygen atoms in total. The van der Waals surface area contributed by atoms with Gasteiger partial charge in [0.2, 0.25) is 5.91 Å². The van der Waals surface area contributed by atoms with Crippen molar-refractivity contribution in [2.24, 2.45) is 5.41 Å². The van der Waals surface area contributed by atoms with Crippen molar-refractivity contribution in [3.63, 3.8) is 0 Å². The standard InChI is InChI=1S/C12H21NO/c1-4-12(7-5-6-8-12)11(14)13-9-10(2)3/h2,4-9H2,1,3H3,(H,13,14). The molecule has 0 spiro atoms. The van der Waals surface area contributed by atoms with Gasteiger partial charge in [-0.1, -0.05) is 31.9 Å². The lowest BCUT2D eigenvalue weighted by Gasteiger charge is -2.25. The number of rotatable bonds is 4. The second-order valence-electron chi connectivity index (χ2n) is 4.48. The van der Waals surface area contributed by atoms with Gasteiger partial charge in [-0.3, -0.25) is 4.79 Å². The van der Waals surface area contributed by atoms with Crippen molar-refractivity contribution < 1.29 is 4.79 Å². The molecular weight excluding hydrogens is 174 g/mol. The van der Waals surface area contributed by atoms with Gasteiger partial charge in [0.1, 0.15) is 0 Å². The fraction of sp³-hybridized carbons (Fsp3) is 0.750. The van der Waals surface area contributed by atoms with E-state index in [-0.39, 0.29) is 11.3 Å². The van der Waals surface area contributed by atoms with E-state index >= 15 is 0 Å². The summed E-state index contributed by atoms with van der Waals surface area (Å²) in [5.41, 5.74) is 0.956. The minimum atomic E-state index is -0.0601. The Hall–Kier alpha value is -0.790. The fourth-order valence-corrected chi connectivity index (χ4v) is 2.21. The molecule has 0 radical (unpaired) electrons. The van der Waals surface area contributed by atoms with Gasteiger partial charge in [-0.15, -0.1) is 0 Å². The van der Waals surface area contributed by atoms with Crippen LogP contribution in [0.1, 0.15) is 46.0 Å². The lowest BCUT2D eigenvalue weighted by molar-refractivity contribution is -0.130. The van der Waals surface area contributed by atoms with Crippen LogP contribution in [0.5, 0.6) is 0 Å². The van der Waals surface area contributed by atoms with Gasteiger partial charge in [0, 0.05) is 12.0 Å². The molecule has 0 unspecified atom stereocenters. The summed E-state index contributed by atoms with van der Waals surface area (Å²) in [6, 6.07) is 0. The maximum Gasteiger partial charge on any atom is 0.226 e. The summed E-state index contributed by atoms with van der Waals surface area (Å²) in [7, 11) is 0. The van der Waals surface area contributed by atoms with Crippen LogP contribution >= 0.6 is 0 Å². The average Bonchev–Trinajstić information content (AvgIpc) is 2.63. The molecule has 0 aromatic rings. The van der Waals surface area contributed by atoms with E-state index in [2.05, 4.69) is 18.8 Å². The number of amides is 1. The highest BCUT2D eigenvalue weighted by Gasteiger charge is 2.38. The molecule has 0 bridgehead atoms. The minimum absolute atomic E-state index is 0.0601. The fourth-order valence-electron chi connectivity index (χ4n) is 2.21. The van der Waals surface area contributed by atoms with Gasteiger partial charge in [0.05, 0.1) is 0 Å². The predicted octanol–water partition coefficient (Wildman–Crippen LogP) is 2.65. The number of carbonyl (C=O) groups excluding carboxylic acids is 1. The Kier molecular flexibility index (Phi) is 3.73. The van der Waals surface area contributed by atoms with E-state index < -0.39 is 0 Å². The summed E-state index contributed by atoms with van der Waals surface area (Å²) < 4.78 is 0. The quantitative estimate of drug-likeness (QED) is 0.686. The van der Waals surface area contributed by atoms with E-state index in [1.165, 1.54) is 12.8 Å². The molecule has 1 aliphatic rings. The van der Waals surface area contributed by atoms with Crippen molar-refractivity contribution in [2.75, 3.05) is 6.54 Å². The average molecular weight is 195 g/mol. The maximum atomic E-state index is 12.0. The molecule has 80 valence electrons. The normalized spacial score (nSPS) is 19.3. The summed E-state index contributed by atoms with van der Waals surface area (Å²) in [6.45, 7) is 8.47. The first-order valence-electron chi connectivity index (χ1n) is 5.53. The van der Waals surface area contributed by atoms with Crippen LogP contribution in [-0.4, -0.2) is 12.5 Å². The molecule has 14 heavy (non-hydrogen) atoms. The Morgan fingerprint density at radius 3 is 2.43 bits per heavy atom. The Bertz CT molecular complexity index is 226. The molecule has 1 N–H and O–H groups in total. The molecule has 0 saturated heterocycles. The van der Waals surface area contributed by atoms with Crippen LogP contribution in [0.15, 0.2) is 12.2 Å². The van der Waals surface area contributed by atoms with E-state index in [0.717, 1.165) is 24.8 Å². The van der Waals surface area contributed by atoms with Gasteiger partial charge in [-0.05, 0) is 26.2 Å². The van der Waals surface area contributed by atoms with Crippen LogP contribution in [0.4, 0.5) is 0 Å². The van der Waals surface area contributed by atoms with Gasteiger partial charge < -0.3 is 5.32 Å². The van der Waals surface area contributed by atoms with Crippen molar-refractivity contribution in [3.05, 3.63) is 12.2 Å². The van der Waals surface area contributed by atoms with Gasteiger partial charge in [0.25, 0.3) is 0 Å². The van der Waals surface area contributed by atoms with Crippen molar-refractivity contribution in [2.45, 2.75) is 46.0 Å². The molecular formula is C12H21NO. The molecule has 1 fully saturated rings. The Labute approximate surface area is 86.8 Å². The zero-order valence-corrected chi connectivity index (χ0v) is 9.36. The topological polar surface area (TPSA) is 29.1 Å². The highest BCUT2D eigenvalue weighted by molar-refractivity contribution is 5.83. The molecule has 0 heterocycles. The van der Waals surface area contributed by atoms with Crippen LogP contribution in [0.3, 0.4) is 0 Å². The largest absolute Gasteiger partial charge is 0.352 e. The third kappa shape index (κ3) is 2.37. The Balaban J connectivity index is 2.52. The molecule has 1 saturated carbocycles. The third-order valence-corrected chi connectivity index (χ3v) is 3.27. The van der Waals surface area contributed by atoms with Gasteiger partial charge in [-0.25, -0.2) is 0 Å². The molecule has 0 aliphatic heterocycles. The minimum Gasteiger partial charge on any atom is -0.352 e. The molecule has 0 aromatic carbocycles. The van der Waals surface area contributed by atoms with Crippen molar-refractivity contribution in [3.8, 4) is 0 Å². The number of hydrogen-bond donors (Lipinski definition) is 1. The zero-order valence-electron chi connectivity index (χ0n) is 9.36. The number of carbonyl (C=O) groups is 1. The lowest BCUT2D eigenvalue weighted by Crippen LogP contribution is -2.39. The van der Waals surface area contributed by atoms with Gasteiger partial charge in [0.15, 0.2) is 0 Å². The smallest absolute Gasteiger partial charge is 0.226 e. The van der Waals surface area contributed by atoms with Crippen LogP contribution in [0.2, 0.25) is 0 Å². The maximum absolute atomic E-state index is 12.0. The van der Waals surface area contributed by atoms with Gasteiger partial charge >= 0.3 is 0 Å². The molecule has 0 atom stereocenters. The summed E-state index contributed by atoms with van der Waals surface area (Å²) >= 11 is 0. The summed E-state index contributed by atoms with van der Waals surface area (Å²) in [4.78, 5) is 12.0. The van der Waals surface area contributed by atoms with E-state index in [9.17, 15) is 4.79 Å². The number of hydrogen-bond acceptors (Lipinski definition) is 1. The first-order valence-corrected chi connectivity index (χ1v) is 5.53. The highest BCUT2D eigenvalue weighted by Crippen LogP contribution is 2.40. The third-order valence-electron chi connectivity index (χ3n) is 3.27. The van der Waals surface area contributed by atoms with Gasteiger partial charge in [-0.2, -0.15) is 0 Å². The summed E-state index contributed by atoms with van der Waals surface area (Å²) in [6.07, 6.45) is 5.49. The van der Waals surface area contributed by atoms with E-state index in [1.807, 2.05) is 6.92 Å². The van der Waals surface area contributed by atoms with Crippen LogP contribution in [0.25, 0.3) is 0 Å². The second kappa shape index (κ2) is 4.63. The van der Waals surface area contributed by atoms with E-state index in [0.29, 0.717) is 6.54 Å². The lowest BCUT2D eigenvalue weighted by atomic mass is 9.82. The predicted molar refractivity (Wildman–Crippen MR) is 59.0 cm³/mol. The highest BCUT2D eigenvalue weighted by atomic mass is 16.2. The summed E-state index contributed by atoms with van der Waals surface area (Å²) in [5.74, 6) is 0.237. The first kappa shape index (κ1) is 11.3. The zero-order chi connectivity index (χ0) is 10.6. The van der Waals surface area contributed by atoms with E-state index in [4.69, 9.17) is 0 Å². The monoisotopic (exact) mass is 195 g/mol.